The number of nitrogens with one attached hydrogen (secondary N) is 1. The second-order valence-electron chi connectivity index (χ2n) is 4.83. The second kappa shape index (κ2) is 5.40. The number of halogens is 1. The normalized spacial score (nSPS) is 12.0. The maximum Gasteiger partial charge on any atom is 0.198 e. The SMILES string of the molecule is CC(=Nc1ccc(I)cc1)c1c(O)[nH]c2ccc(N)cc12. The Morgan fingerprint density at radius 2 is 1.90 bits per heavy atom. The fourth-order valence-corrected chi connectivity index (χ4v) is 2.69. The Bertz CT molecular complexity index is 835. The molecule has 0 aliphatic rings. The minimum Gasteiger partial charge on any atom is -0.494 e. The number of aromatic nitrogens is 1. The Labute approximate surface area is 135 Å². The number of hydrogen-bond acceptors (Lipinski definition) is 3. The number of aromatic amines is 1. The quantitative estimate of drug-likeness (QED) is 0.348. The van der Waals surface area contributed by atoms with Gasteiger partial charge in [-0.2, -0.15) is 0 Å². The van der Waals surface area contributed by atoms with E-state index in [1.165, 1.54) is 0 Å². The lowest BCUT2D eigenvalue weighted by Crippen LogP contribution is -1.94. The third kappa shape index (κ3) is 2.73. The van der Waals surface area contributed by atoms with E-state index in [2.05, 4.69) is 32.6 Å². The number of aliphatic imine (C=N–C) groups is 1. The van der Waals surface area contributed by atoms with Crippen LogP contribution in [0.25, 0.3) is 10.9 Å². The van der Waals surface area contributed by atoms with Crippen LogP contribution >= 0.6 is 22.6 Å². The van der Waals surface area contributed by atoms with E-state index in [4.69, 9.17) is 5.73 Å². The van der Waals surface area contributed by atoms with Gasteiger partial charge in [0.25, 0.3) is 0 Å². The van der Waals surface area contributed by atoms with Crippen molar-refractivity contribution in [2.24, 2.45) is 4.99 Å². The van der Waals surface area contributed by atoms with Crippen LogP contribution in [0.4, 0.5) is 11.4 Å². The first-order valence-corrected chi connectivity index (χ1v) is 7.54. The molecule has 21 heavy (non-hydrogen) atoms. The number of hydrogen-bond donors (Lipinski definition) is 3. The fraction of sp³-hybridized carbons (Fsp3) is 0.0625. The molecule has 3 rings (SSSR count). The molecule has 4 N–H and O–H groups in total. The molecule has 1 aromatic heterocycles. The molecular weight excluding hydrogens is 377 g/mol. The zero-order valence-corrected chi connectivity index (χ0v) is 13.5. The van der Waals surface area contributed by atoms with Gasteiger partial charge in [-0.3, -0.25) is 4.99 Å². The monoisotopic (exact) mass is 391 g/mol. The van der Waals surface area contributed by atoms with Gasteiger partial charge in [0.05, 0.1) is 17.0 Å². The largest absolute Gasteiger partial charge is 0.494 e. The van der Waals surface area contributed by atoms with E-state index < -0.39 is 0 Å². The van der Waals surface area contributed by atoms with Crippen molar-refractivity contribution in [1.29, 1.82) is 0 Å². The van der Waals surface area contributed by atoms with Gasteiger partial charge < -0.3 is 15.8 Å². The molecule has 0 radical (unpaired) electrons. The summed E-state index contributed by atoms with van der Waals surface area (Å²) in [6.45, 7) is 1.88. The summed E-state index contributed by atoms with van der Waals surface area (Å²) < 4.78 is 1.16. The Hall–Kier alpha value is -2.02. The van der Waals surface area contributed by atoms with Gasteiger partial charge in [0.1, 0.15) is 0 Å². The molecular formula is C16H14IN3O. The van der Waals surface area contributed by atoms with Crippen molar-refractivity contribution in [2.75, 3.05) is 5.73 Å². The summed E-state index contributed by atoms with van der Waals surface area (Å²) in [6, 6.07) is 13.4. The first kappa shape index (κ1) is 13.9. The highest BCUT2D eigenvalue weighted by Crippen LogP contribution is 2.30. The van der Waals surface area contributed by atoms with Gasteiger partial charge in [-0.25, -0.2) is 0 Å². The van der Waals surface area contributed by atoms with Crippen molar-refractivity contribution in [3.63, 3.8) is 0 Å². The third-order valence-electron chi connectivity index (χ3n) is 3.29. The van der Waals surface area contributed by atoms with Crippen LogP contribution in [0, 0.1) is 3.57 Å². The highest BCUT2D eigenvalue weighted by Gasteiger charge is 2.13. The zero-order chi connectivity index (χ0) is 15.0. The maximum atomic E-state index is 10.1. The highest BCUT2D eigenvalue weighted by atomic mass is 127. The van der Waals surface area contributed by atoms with Crippen LogP contribution < -0.4 is 5.73 Å². The number of nitrogens with zero attached hydrogens (tertiary/aromatic N) is 1. The molecule has 3 aromatic rings. The molecule has 0 spiro atoms. The molecule has 0 saturated carbocycles. The van der Waals surface area contributed by atoms with Gasteiger partial charge in [0.2, 0.25) is 0 Å². The van der Waals surface area contributed by atoms with E-state index in [1.807, 2.05) is 43.3 Å². The van der Waals surface area contributed by atoms with Crippen molar-refractivity contribution in [3.05, 3.63) is 51.6 Å². The van der Waals surface area contributed by atoms with Crippen molar-refractivity contribution in [2.45, 2.75) is 6.92 Å². The van der Waals surface area contributed by atoms with Crippen LogP contribution in [0.15, 0.2) is 47.5 Å². The first-order chi connectivity index (χ1) is 10.0. The van der Waals surface area contributed by atoms with Crippen LogP contribution in [0.5, 0.6) is 5.88 Å². The van der Waals surface area contributed by atoms with Crippen molar-refractivity contribution in [1.82, 2.24) is 4.98 Å². The number of benzene rings is 2. The van der Waals surface area contributed by atoms with Crippen LogP contribution in [-0.2, 0) is 0 Å². The Balaban J connectivity index is 2.12. The average molecular weight is 391 g/mol. The van der Waals surface area contributed by atoms with E-state index in [0.717, 1.165) is 25.9 Å². The minimum atomic E-state index is 0.113. The van der Waals surface area contributed by atoms with Crippen molar-refractivity contribution < 1.29 is 5.11 Å². The Morgan fingerprint density at radius 3 is 2.62 bits per heavy atom. The zero-order valence-electron chi connectivity index (χ0n) is 11.4. The number of nitrogen functional groups attached to an aromatic ring is 1. The third-order valence-corrected chi connectivity index (χ3v) is 4.01. The highest BCUT2D eigenvalue weighted by molar-refractivity contribution is 14.1. The molecule has 1 heterocycles. The van der Waals surface area contributed by atoms with Crippen molar-refractivity contribution in [3.8, 4) is 5.88 Å². The van der Waals surface area contributed by atoms with Crippen LogP contribution in [0.3, 0.4) is 0 Å². The summed E-state index contributed by atoms with van der Waals surface area (Å²) in [4.78, 5) is 7.52. The fourth-order valence-electron chi connectivity index (χ4n) is 2.33. The summed E-state index contributed by atoms with van der Waals surface area (Å²) in [5.41, 5.74) is 9.62. The second-order valence-corrected chi connectivity index (χ2v) is 6.07. The lowest BCUT2D eigenvalue weighted by Gasteiger charge is -2.02. The summed E-state index contributed by atoms with van der Waals surface area (Å²) >= 11 is 2.25. The summed E-state index contributed by atoms with van der Waals surface area (Å²) in [5, 5.41) is 11.0. The van der Waals surface area contributed by atoms with E-state index in [1.54, 1.807) is 6.07 Å². The Morgan fingerprint density at radius 1 is 1.19 bits per heavy atom. The van der Waals surface area contributed by atoms with Gasteiger partial charge in [-0.05, 0) is 72.0 Å². The molecule has 4 nitrogen and oxygen atoms in total. The molecule has 0 aliphatic heterocycles. The maximum absolute atomic E-state index is 10.1. The number of fused-ring (bicyclic) bond motifs is 1. The predicted octanol–water partition coefficient (Wildman–Crippen LogP) is 4.20. The number of nitrogens with two attached hydrogens (primary N) is 1. The molecule has 2 aromatic carbocycles. The average Bonchev–Trinajstić information content (AvgIpc) is 2.76. The smallest absolute Gasteiger partial charge is 0.198 e. The Kier molecular flexibility index (Phi) is 3.59. The van der Waals surface area contributed by atoms with E-state index in [-0.39, 0.29) is 5.88 Å². The molecule has 0 aliphatic carbocycles. The minimum absolute atomic E-state index is 0.113. The number of anilines is 1. The van der Waals surface area contributed by atoms with Crippen molar-refractivity contribution >= 4 is 50.6 Å². The summed E-state index contributed by atoms with van der Waals surface area (Å²) in [6.07, 6.45) is 0. The number of H-pyrrole nitrogens is 1. The van der Waals surface area contributed by atoms with Crippen LogP contribution in [-0.4, -0.2) is 15.8 Å². The van der Waals surface area contributed by atoms with E-state index >= 15 is 0 Å². The van der Waals surface area contributed by atoms with Crippen LogP contribution in [0.1, 0.15) is 12.5 Å². The van der Waals surface area contributed by atoms with Gasteiger partial charge in [0, 0.05) is 20.2 Å². The van der Waals surface area contributed by atoms with Gasteiger partial charge in [-0.15, -0.1) is 0 Å². The van der Waals surface area contributed by atoms with Gasteiger partial charge in [-0.1, -0.05) is 0 Å². The number of aromatic hydroxyl groups is 1. The lowest BCUT2D eigenvalue weighted by atomic mass is 10.1. The molecule has 0 fully saturated rings. The van der Waals surface area contributed by atoms with Gasteiger partial charge in [0.15, 0.2) is 5.88 Å². The van der Waals surface area contributed by atoms with E-state index in [0.29, 0.717) is 11.3 Å². The van der Waals surface area contributed by atoms with Crippen LogP contribution in [0.2, 0.25) is 0 Å². The molecule has 0 saturated heterocycles. The molecule has 5 heteroatoms. The first-order valence-electron chi connectivity index (χ1n) is 6.46. The molecule has 0 bridgehead atoms. The summed E-state index contributed by atoms with van der Waals surface area (Å²) in [7, 11) is 0. The number of rotatable bonds is 2. The molecule has 106 valence electrons. The topological polar surface area (TPSA) is 74.4 Å². The lowest BCUT2D eigenvalue weighted by molar-refractivity contribution is 0.457. The predicted molar refractivity (Wildman–Crippen MR) is 95.4 cm³/mol. The molecule has 0 unspecified atom stereocenters. The molecule has 0 amide bonds. The molecule has 0 atom stereocenters. The van der Waals surface area contributed by atoms with Gasteiger partial charge >= 0.3 is 0 Å². The standard InChI is InChI=1S/C16H14IN3O/c1-9(19-12-5-2-10(17)3-6-12)15-13-8-11(18)4-7-14(13)20-16(15)21/h2-8,20-21H,18H2,1H3. The summed E-state index contributed by atoms with van der Waals surface area (Å²) in [5.74, 6) is 0.113. The van der Waals surface area contributed by atoms with E-state index in [9.17, 15) is 5.11 Å².